The molecule has 176 valence electrons. The van der Waals surface area contributed by atoms with Crippen molar-refractivity contribution in [3.05, 3.63) is 65.5 Å². The van der Waals surface area contributed by atoms with Gasteiger partial charge >= 0.3 is 0 Å². The second-order valence-corrected chi connectivity index (χ2v) is 9.57. The van der Waals surface area contributed by atoms with Gasteiger partial charge in [-0.25, -0.2) is 17.1 Å². The summed E-state index contributed by atoms with van der Waals surface area (Å²) in [6.07, 6.45) is 0.422. The summed E-state index contributed by atoms with van der Waals surface area (Å²) in [6.45, 7) is 3.59. The zero-order valence-electron chi connectivity index (χ0n) is 18.5. The van der Waals surface area contributed by atoms with Crippen molar-refractivity contribution in [2.75, 3.05) is 13.1 Å². The topological polar surface area (TPSA) is 104 Å². The molecule has 0 unspecified atom stereocenters. The molecule has 33 heavy (non-hydrogen) atoms. The minimum atomic E-state index is -4.04. The Morgan fingerprint density at radius 1 is 1.12 bits per heavy atom. The van der Waals surface area contributed by atoms with Crippen LogP contribution < -0.4 is 5.32 Å². The van der Waals surface area contributed by atoms with Crippen LogP contribution in [0.15, 0.2) is 53.4 Å². The van der Waals surface area contributed by atoms with E-state index in [2.05, 4.69) is 5.32 Å². The van der Waals surface area contributed by atoms with Gasteiger partial charge in [0.15, 0.2) is 0 Å². The monoisotopic (exact) mass is 475 g/mol. The number of fused-ring (bicyclic) bond motifs is 1. The Morgan fingerprint density at radius 2 is 1.79 bits per heavy atom. The first-order chi connectivity index (χ1) is 15.7. The molecule has 3 amide bonds. The molecule has 0 aromatic heterocycles. The summed E-state index contributed by atoms with van der Waals surface area (Å²) in [5, 5.41) is 2.74. The van der Waals surface area contributed by atoms with Crippen LogP contribution in [0.25, 0.3) is 0 Å². The SMILES string of the molecule is CCCNC(=O)[C@H](C)N(Cc1ccc(F)cc1)C(=O)CCN1C(=O)c2ccccc2S1(=O)=O. The molecule has 2 aromatic rings. The van der Waals surface area contributed by atoms with Crippen molar-refractivity contribution in [2.24, 2.45) is 0 Å². The highest BCUT2D eigenvalue weighted by Crippen LogP contribution is 2.30. The standard InChI is InChI=1S/C23H26FN3O5S/c1-3-13-25-22(29)16(2)26(15-17-8-10-18(24)11-9-17)21(28)12-14-27-23(30)19-6-4-5-7-20(19)33(27,31)32/h4-11,16H,3,12-15H2,1-2H3,(H,25,29)/t16-/m0/s1. The predicted octanol–water partition coefficient (Wildman–Crippen LogP) is 2.30. The van der Waals surface area contributed by atoms with Crippen LogP contribution in [0.4, 0.5) is 4.39 Å². The molecule has 10 heteroatoms. The van der Waals surface area contributed by atoms with Crippen LogP contribution in [0, 0.1) is 5.82 Å². The second-order valence-electron chi connectivity index (χ2n) is 7.74. The van der Waals surface area contributed by atoms with E-state index in [0.29, 0.717) is 16.4 Å². The first kappa shape index (κ1) is 24.4. The van der Waals surface area contributed by atoms with E-state index in [0.717, 1.165) is 6.42 Å². The third-order valence-electron chi connectivity index (χ3n) is 5.42. The van der Waals surface area contributed by atoms with Gasteiger partial charge in [0, 0.05) is 26.1 Å². The van der Waals surface area contributed by atoms with Crippen LogP contribution in [0.1, 0.15) is 42.6 Å². The lowest BCUT2D eigenvalue weighted by atomic mass is 10.1. The van der Waals surface area contributed by atoms with Crippen LogP contribution in [-0.4, -0.2) is 54.5 Å². The van der Waals surface area contributed by atoms with E-state index >= 15 is 0 Å². The first-order valence-corrected chi connectivity index (χ1v) is 12.1. The predicted molar refractivity (Wildman–Crippen MR) is 119 cm³/mol. The molecule has 1 aliphatic rings. The number of benzene rings is 2. The fraction of sp³-hybridized carbons (Fsp3) is 0.348. The molecular formula is C23H26FN3O5S. The second kappa shape index (κ2) is 10.1. The molecule has 0 aliphatic carbocycles. The smallest absolute Gasteiger partial charge is 0.269 e. The molecule has 0 bridgehead atoms. The van der Waals surface area contributed by atoms with E-state index in [-0.39, 0.29) is 35.9 Å². The van der Waals surface area contributed by atoms with Gasteiger partial charge in [0.25, 0.3) is 15.9 Å². The summed E-state index contributed by atoms with van der Waals surface area (Å²) >= 11 is 0. The van der Waals surface area contributed by atoms with Gasteiger partial charge in [-0.3, -0.25) is 14.4 Å². The van der Waals surface area contributed by atoms with Gasteiger partial charge in [-0.05, 0) is 43.2 Å². The number of carbonyl (C=O) groups is 3. The average molecular weight is 476 g/mol. The minimum Gasteiger partial charge on any atom is -0.354 e. The van der Waals surface area contributed by atoms with Crippen molar-refractivity contribution in [1.82, 2.24) is 14.5 Å². The third-order valence-corrected chi connectivity index (χ3v) is 7.26. The van der Waals surface area contributed by atoms with Gasteiger partial charge < -0.3 is 10.2 Å². The summed E-state index contributed by atoms with van der Waals surface area (Å²) in [5.41, 5.74) is 0.678. The van der Waals surface area contributed by atoms with Crippen LogP contribution in [0.3, 0.4) is 0 Å². The van der Waals surface area contributed by atoms with Crippen molar-refractivity contribution in [2.45, 2.75) is 44.2 Å². The maximum absolute atomic E-state index is 13.3. The highest BCUT2D eigenvalue weighted by atomic mass is 32.2. The van der Waals surface area contributed by atoms with Crippen LogP contribution in [0.5, 0.6) is 0 Å². The van der Waals surface area contributed by atoms with E-state index in [9.17, 15) is 27.2 Å². The molecule has 0 spiro atoms. The van der Waals surface area contributed by atoms with Gasteiger partial charge in [-0.2, -0.15) is 0 Å². The fourth-order valence-corrected chi connectivity index (χ4v) is 5.13. The van der Waals surface area contributed by atoms with Crippen molar-refractivity contribution in [1.29, 1.82) is 0 Å². The molecule has 1 atom stereocenters. The Labute approximate surface area is 192 Å². The maximum atomic E-state index is 13.3. The molecule has 0 fully saturated rings. The molecule has 1 N–H and O–H groups in total. The van der Waals surface area contributed by atoms with Crippen LogP contribution >= 0.6 is 0 Å². The first-order valence-electron chi connectivity index (χ1n) is 10.6. The Bertz CT molecular complexity index is 1150. The van der Waals surface area contributed by atoms with Crippen molar-refractivity contribution < 1.29 is 27.2 Å². The molecule has 0 radical (unpaired) electrons. The molecule has 2 aromatic carbocycles. The molecule has 1 heterocycles. The van der Waals surface area contributed by atoms with Gasteiger partial charge in [-0.1, -0.05) is 31.2 Å². The summed E-state index contributed by atoms with van der Waals surface area (Å²) in [5.74, 6) is -1.97. The highest BCUT2D eigenvalue weighted by Gasteiger charge is 2.41. The van der Waals surface area contributed by atoms with Gasteiger partial charge in [-0.15, -0.1) is 0 Å². The zero-order valence-corrected chi connectivity index (χ0v) is 19.3. The van der Waals surface area contributed by atoms with E-state index in [4.69, 9.17) is 0 Å². The Morgan fingerprint density at radius 3 is 2.42 bits per heavy atom. The summed E-state index contributed by atoms with van der Waals surface area (Å²) in [7, 11) is -4.04. The lowest BCUT2D eigenvalue weighted by Gasteiger charge is -2.29. The van der Waals surface area contributed by atoms with E-state index in [1.54, 1.807) is 13.0 Å². The van der Waals surface area contributed by atoms with Crippen molar-refractivity contribution >= 4 is 27.7 Å². The van der Waals surface area contributed by atoms with Crippen LogP contribution in [-0.2, 0) is 26.2 Å². The molecule has 3 rings (SSSR count). The van der Waals surface area contributed by atoms with E-state index in [1.807, 2.05) is 6.92 Å². The quantitative estimate of drug-likeness (QED) is 0.599. The molecule has 0 saturated heterocycles. The number of nitrogens with zero attached hydrogens (tertiary/aromatic N) is 2. The molecule has 1 aliphatic heterocycles. The van der Waals surface area contributed by atoms with Gasteiger partial charge in [0.2, 0.25) is 11.8 Å². The van der Waals surface area contributed by atoms with E-state index in [1.165, 1.54) is 47.4 Å². The van der Waals surface area contributed by atoms with E-state index < -0.39 is 33.7 Å². The van der Waals surface area contributed by atoms with Gasteiger partial charge in [0.1, 0.15) is 16.8 Å². The van der Waals surface area contributed by atoms with Crippen molar-refractivity contribution in [3.8, 4) is 0 Å². The maximum Gasteiger partial charge on any atom is 0.269 e. The number of sulfonamides is 1. The number of carbonyl (C=O) groups excluding carboxylic acids is 3. The Balaban J connectivity index is 1.77. The fourth-order valence-electron chi connectivity index (χ4n) is 3.56. The van der Waals surface area contributed by atoms with Gasteiger partial charge in [0.05, 0.1) is 5.56 Å². The largest absolute Gasteiger partial charge is 0.354 e. The number of hydrogen-bond donors (Lipinski definition) is 1. The average Bonchev–Trinajstić information content (AvgIpc) is 3.00. The Kier molecular flexibility index (Phi) is 7.47. The third kappa shape index (κ3) is 5.22. The molecule has 0 saturated carbocycles. The van der Waals surface area contributed by atoms with Crippen molar-refractivity contribution in [3.63, 3.8) is 0 Å². The summed E-state index contributed by atoms with van der Waals surface area (Å²) in [4.78, 5) is 39.5. The number of amides is 3. The number of hydrogen-bond acceptors (Lipinski definition) is 5. The lowest BCUT2D eigenvalue weighted by Crippen LogP contribution is -2.48. The van der Waals surface area contributed by atoms with Crippen LogP contribution in [0.2, 0.25) is 0 Å². The Hall–Kier alpha value is -3.27. The number of rotatable bonds is 9. The molecular weight excluding hydrogens is 449 g/mol. The summed E-state index contributed by atoms with van der Waals surface area (Å²) < 4.78 is 39.5. The lowest BCUT2D eigenvalue weighted by molar-refractivity contribution is -0.140. The molecule has 8 nitrogen and oxygen atoms in total. The highest BCUT2D eigenvalue weighted by molar-refractivity contribution is 7.90. The minimum absolute atomic E-state index is 0.0285. The zero-order chi connectivity index (χ0) is 24.2. The normalized spacial score (nSPS) is 15.1. The number of nitrogens with one attached hydrogen (secondary N) is 1. The summed E-state index contributed by atoms with van der Waals surface area (Å²) in [6, 6.07) is 10.6. The number of halogens is 1.